The van der Waals surface area contributed by atoms with Gasteiger partial charge in [0.1, 0.15) is 5.75 Å². The molecule has 1 N–H and O–H groups in total. The van der Waals surface area contributed by atoms with Gasteiger partial charge in [0.2, 0.25) is 0 Å². The average molecular weight is 362 g/mol. The zero-order valence-corrected chi connectivity index (χ0v) is 15.4. The minimum Gasteiger partial charge on any atom is -0.484 e. The molecule has 0 saturated carbocycles. The van der Waals surface area contributed by atoms with Gasteiger partial charge in [-0.25, -0.2) is 4.98 Å². The van der Waals surface area contributed by atoms with E-state index in [0.29, 0.717) is 10.9 Å². The van der Waals surface area contributed by atoms with Crippen molar-refractivity contribution < 1.29 is 9.53 Å². The van der Waals surface area contributed by atoms with E-state index in [1.54, 1.807) is 0 Å². The van der Waals surface area contributed by atoms with E-state index in [1.165, 1.54) is 22.5 Å². The van der Waals surface area contributed by atoms with Gasteiger partial charge in [-0.1, -0.05) is 41.7 Å². The first-order valence-corrected chi connectivity index (χ1v) is 9.19. The Morgan fingerprint density at radius 1 is 1.04 bits per heavy atom. The normalized spacial score (nSPS) is 11.0. The van der Waals surface area contributed by atoms with Crippen LogP contribution in [0.4, 0.5) is 5.13 Å². The highest BCUT2D eigenvalue weighted by Crippen LogP contribution is 2.28. The number of aryl methyl sites for hydroxylation is 2. The Hall–Kier alpha value is -2.92. The maximum absolute atomic E-state index is 12.2. The predicted molar refractivity (Wildman–Crippen MR) is 107 cm³/mol. The Labute approximate surface area is 155 Å². The van der Waals surface area contributed by atoms with Crippen molar-refractivity contribution in [3.05, 3.63) is 65.7 Å². The molecule has 0 bridgehead atoms. The number of anilines is 1. The highest BCUT2D eigenvalue weighted by Gasteiger charge is 2.10. The molecule has 130 valence electrons. The highest BCUT2D eigenvalue weighted by atomic mass is 32.1. The fourth-order valence-corrected chi connectivity index (χ4v) is 3.76. The average Bonchev–Trinajstić information content (AvgIpc) is 3.01. The first-order chi connectivity index (χ1) is 12.6. The summed E-state index contributed by atoms with van der Waals surface area (Å²) in [6.45, 7) is 4.08. The molecular formula is C21H18N2O2S. The predicted octanol–water partition coefficient (Wildman–Crippen LogP) is 5.08. The molecular weight excluding hydrogens is 344 g/mol. The third kappa shape index (κ3) is 3.39. The Bertz CT molecular complexity index is 1080. The number of carbonyl (C=O) groups is 1. The van der Waals surface area contributed by atoms with Crippen molar-refractivity contribution in [2.45, 2.75) is 13.8 Å². The first-order valence-electron chi connectivity index (χ1n) is 8.38. The zero-order chi connectivity index (χ0) is 18.1. The summed E-state index contributed by atoms with van der Waals surface area (Å²) in [5, 5.41) is 5.64. The summed E-state index contributed by atoms with van der Waals surface area (Å²) < 4.78 is 6.69. The van der Waals surface area contributed by atoms with Gasteiger partial charge in [0.25, 0.3) is 5.91 Å². The Balaban J connectivity index is 1.43. The van der Waals surface area contributed by atoms with Gasteiger partial charge in [-0.15, -0.1) is 0 Å². The number of aromatic nitrogens is 1. The van der Waals surface area contributed by atoms with Crippen LogP contribution in [0.3, 0.4) is 0 Å². The number of rotatable bonds is 4. The van der Waals surface area contributed by atoms with E-state index in [-0.39, 0.29) is 12.5 Å². The van der Waals surface area contributed by atoms with E-state index in [1.807, 2.05) is 48.5 Å². The number of nitrogens with zero attached hydrogens (tertiary/aromatic N) is 1. The molecule has 3 aromatic carbocycles. The Morgan fingerprint density at radius 3 is 2.65 bits per heavy atom. The van der Waals surface area contributed by atoms with Crippen LogP contribution in [-0.4, -0.2) is 17.5 Å². The topological polar surface area (TPSA) is 51.2 Å². The van der Waals surface area contributed by atoms with E-state index in [0.717, 1.165) is 21.0 Å². The van der Waals surface area contributed by atoms with Crippen LogP contribution < -0.4 is 10.1 Å². The maximum Gasteiger partial charge on any atom is 0.264 e. The van der Waals surface area contributed by atoms with Crippen LogP contribution in [0, 0.1) is 13.8 Å². The number of ether oxygens (including phenoxy) is 1. The second-order valence-corrected chi connectivity index (χ2v) is 7.30. The number of thiazole rings is 1. The summed E-state index contributed by atoms with van der Waals surface area (Å²) >= 11 is 1.47. The molecule has 0 atom stereocenters. The van der Waals surface area contributed by atoms with Crippen LogP contribution in [-0.2, 0) is 4.79 Å². The van der Waals surface area contributed by atoms with Gasteiger partial charge in [-0.05, 0) is 60.0 Å². The molecule has 4 nitrogen and oxygen atoms in total. The lowest BCUT2D eigenvalue weighted by atomic mass is 10.1. The van der Waals surface area contributed by atoms with E-state index in [4.69, 9.17) is 4.74 Å². The largest absolute Gasteiger partial charge is 0.484 e. The molecule has 4 aromatic rings. The standard InChI is InChI=1S/C21H18N2O2S/c1-13-9-18-19(10-14(13)2)26-21(22-18)23-20(24)12-25-17-8-7-15-5-3-4-6-16(15)11-17/h3-11H,12H2,1-2H3,(H,22,23,24). The summed E-state index contributed by atoms with van der Waals surface area (Å²) in [6.07, 6.45) is 0. The van der Waals surface area contributed by atoms with Gasteiger partial charge in [-0.3, -0.25) is 10.1 Å². The molecule has 0 fully saturated rings. The molecule has 26 heavy (non-hydrogen) atoms. The summed E-state index contributed by atoms with van der Waals surface area (Å²) in [5.41, 5.74) is 3.32. The molecule has 0 unspecified atom stereocenters. The van der Waals surface area contributed by atoms with E-state index in [9.17, 15) is 4.79 Å². The van der Waals surface area contributed by atoms with Crippen molar-refractivity contribution >= 4 is 43.4 Å². The van der Waals surface area contributed by atoms with E-state index >= 15 is 0 Å². The lowest BCUT2D eigenvalue weighted by Gasteiger charge is -2.07. The third-order valence-electron chi connectivity index (χ3n) is 4.34. The van der Waals surface area contributed by atoms with Crippen LogP contribution in [0.15, 0.2) is 54.6 Å². The van der Waals surface area contributed by atoms with Crippen molar-refractivity contribution in [1.29, 1.82) is 0 Å². The molecule has 1 amide bonds. The summed E-state index contributed by atoms with van der Waals surface area (Å²) in [4.78, 5) is 16.7. The second-order valence-electron chi connectivity index (χ2n) is 6.27. The SMILES string of the molecule is Cc1cc2nc(NC(=O)COc3ccc4ccccc4c3)sc2cc1C. The monoisotopic (exact) mass is 362 g/mol. The molecule has 0 radical (unpaired) electrons. The fraction of sp³-hybridized carbons (Fsp3) is 0.143. The number of hydrogen-bond donors (Lipinski definition) is 1. The van der Waals surface area contributed by atoms with Crippen molar-refractivity contribution in [3.8, 4) is 5.75 Å². The minimum absolute atomic E-state index is 0.0493. The zero-order valence-electron chi connectivity index (χ0n) is 14.6. The van der Waals surface area contributed by atoms with Gasteiger partial charge in [0.05, 0.1) is 10.2 Å². The number of carbonyl (C=O) groups excluding carboxylic acids is 1. The van der Waals surface area contributed by atoms with Crippen LogP contribution in [0.2, 0.25) is 0 Å². The molecule has 0 aliphatic rings. The molecule has 4 rings (SSSR count). The van der Waals surface area contributed by atoms with Crippen molar-refractivity contribution in [2.24, 2.45) is 0 Å². The van der Waals surface area contributed by atoms with Gasteiger partial charge < -0.3 is 4.74 Å². The molecule has 0 spiro atoms. The summed E-state index contributed by atoms with van der Waals surface area (Å²) in [7, 11) is 0. The lowest BCUT2D eigenvalue weighted by molar-refractivity contribution is -0.118. The molecule has 0 aliphatic heterocycles. The van der Waals surface area contributed by atoms with E-state index < -0.39 is 0 Å². The minimum atomic E-state index is -0.217. The van der Waals surface area contributed by atoms with Crippen LogP contribution >= 0.6 is 11.3 Å². The van der Waals surface area contributed by atoms with Gasteiger partial charge >= 0.3 is 0 Å². The van der Waals surface area contributed by atoms with Gasteiger partial charge in [0, 0.05) is 0 Å². The van der Waals surface area contributed by atoms with Crippen LogP contribution in [0.5, 0.6) is 5.75 Å². The third-order valence-corrected chi connectivity index (χ3v) is 5.27. The van der Waals surface area contributed by atoms with E-state index in [2.05, 4.69) is 30.2 Å². The van der Waals surface area contributed by atoms with Crippen molar-refractivity contribution in [2.75, 3.05) is 11.9 Å². The number of benzene rings is 3. The Kier molecular flexibility index (Phi) is 4.31. The van der Waals surface area contributed by atoms with Crippen molar-refractivity contribution in [1.82, 2.24) is 4.98 Å². The quantitative estimate of drug-likeness (QED) is 0.550. The molecule has 0 aliphatic carbocycles. The number of hydrogen-bond acceptors (Lipinski definition) is 4. The van der Waals surface area contributed by atoms with Crippen LogP contribution in [0.25, 0.3) is 21.0 Å². The smallest absolute Gasteiger partial charge is 0.264 e. The lowest BCUT2D eigenvalue weighted by Crippen LogP contribution is -2.19. The second kappa shape index (κ2) is 6.77. The fourth-order valence-electron chi connectivity index (χ4n) is 2.79. The maximum atomic E-state index is 12.2. The molecule has 0 saturated heterocycles. The Morgan fingerprint density at radius 2 is 1.81 bits per heavy atom. The molecule has 1 heterocycles. The van der Waals surface area contributed by atoms with Gasteiger partial charge in [0.15, 0.2) is 11.7 Å². The first kappa shape index (κ1) is 16.5. The highest BCUT2D eigenvalue weighted by molar-refractivity contribution is 7.22. The number of fused-ring (bicyclic) bond motifs is 2. The van der Waals surface area contributed by atoms with Crippen molar-refractivity contribution in [3.63, 3.8) is 0 Å². The summed E-state index contributed by atoms with van der Waals surface area (Å²) in [6, 6.07) is 18.0. The molecule has 1 aromatic heterocycles. The van der Waals surface area contributed by atoms with Gasteiger partial charge in [-0.2, -0.15) is 0 Å². The van der Waals surface area contributed by atoms with Crippen LogP contribution in [0.1, 0.15) is 11.1 Å². The summed E-state index contributed by atoms with van der Waals surface area (Å²) in [5.74, 6) is 0.458. The molecule has 5 heteroatoms. The number of amides is 1. The number of nitrogens with one attached hydrogen (secondary N) is 1.